The van der Waals surface area contributed by atoms with E-state index in [1.807, 2.05) is 24.3 Å². The van der Waals surface area contributed by atoms with Crippen molar-refractivity contribution in [1.82, 2.24) is 0 Å². The van der Waals surface area contributed by atoms with Gasteiger partial charge in [-0.25, -0.2) is 4.79 Å². The van der Waals surface area contributed by atoms with Gasteiger partial charge in [-0.05, 0) is 16.5 Å². The lowest BCUT2D eigenvalue weighted by molar-refractivity contribution is 0.0853. The summed E-state index contributed by atoms with van der Waals surface area (Å²) in [6, 6.07) is 7.78. The quantitative estimate of drug-likeness (QED) is 0.759. The van der Waals surface area contributed by atoms with Gasteiger partial charge in [0, 0.05) is 0 Å². The molecule has 0 unspecified atom stereocenters. The molecule has 0 amide bonds. The Bertz CT molecular complexity index is 350. The number of carbonyl (C=O) groups is 1. The van der Waals surface area contributed by atoms with Crippen LogP contribution in [0.3, 0.4) is 0 Å². The fraction of sp³-hybridized carbons (Fsp3) is 0.417. The molecule has 82 valence electrons. The fourth-order valence-electron chi connectivity index (χ4n) is 1.27. The lowest BCUT2D eigenvalue weighted by Gasteiger charge is -2.19. The third-order valence-corrected chi connectivity index (χ3v) is 2.16. The molecule has 1 aromatic rings. The Balaban J connectivity index is 2.79. The highest BCUT2D eigenvalue weighted by atomic mass is 16.7. The second-order valence-corrected chi connectivity index (χ2v) is 4.50. The van der Waals surface area contributed by atoms with Gasteiger partial charge in [-0.1, -0.05) is 45.0 Å². The van der Waals surface area contributed by atoms with Crippen LogP contribution in [0.4, 0.5) is 4.79 Å². The van der Waals surface area contributed by atoms with Crippen molar-refractivity contribution in [3.63, 3.8) is 0 Å². The summed E-state index contributed by atoms with van der Waals surface area (Å²) in [7, 11) is 0. The van der Waals surface area contributed by atoms with Gasteiger partial charge in [0.15, 0.2) is 0 Å². The molecule has 0 aliphatic heterocycles. The standard InChI is InChI=1S/C12H16O3/c1-12(2,3)10-6-4-5-9(7-10)8-15-11(13)14/h4-7H,8H2,1-3H3,(H,13,14). The van der Waals surface area contributed by atoms with Crippen LogP contribution in [0.25, 0.3) is 0 Å². The van der Waals surface area contributed by atoms with Crippen molar-refractivity contribution in [3.05, 3.63) is 35.4 Å². The smallest absolute Gasteiger partial charge is 0.450 e. The molecule has 0 fully saturated rings. The minimum absolute atomic E-state index is 0.0687. The average molecular weight is 208 g/mol. The molecule has 0 saturated heterocycles. The SMILES string of the molecule is CC(C)(C)c1cccc(COC(=O)O)c1. The van der Waals surface area contributed by atoms with Gasteiger partial charge < -0.3 is 9.84 Å². The monoisotopic (exact) mass is 208 g/mol. The Morgan fingerprint density at radius 1 is 1.40 bits per heavy atom. The van der Waals surface area contributed by atoms with E-state index in [2.05, 4.69) is 25.5 Å². The van der Waals surface area contributed by atoms with Crippen molar-refractivity contribution >= 4 is 6.16 Å². The summed E-state index contributed by atoms with van der Waals surface area (Å²) in [5, 5.41) is 8.38. The third kappa shape index (κ3) is 3.62. The van der Waals surface area contributed by atoms with Gasteiger partial charge >= 0.3 is 6.16 Å². The summed E-state index contributed by atoms with van der Waals surface area (Å²) in [6.07, 6.45) is -1.24. The van der Waals surface area contributed by atoms with Crippen molar-refractivity contribution in [2.45, 2.75) is 32.8 Å². The van der Waals surface area contributed by atoms with E-state index in [1.165, 1.54) is 5.56 Å². The predicted molar refractivity (Wildman–Crippen MR) is 58.0 cm³/mol. The zero-order valence-electron chi connectivity index (χ0n) is 9.28. The van der Waals surface area contributed by atoms with Crippen LogP contribution in [0.1, 0.15) is 31.9 Å². The summed E-state index contributed by atoms with van der Waals surface area (Å²) in [6.45, 7) is 6.46. The maximum Gasteiger partial charge on any atom is 0.506 e. The van der Waals surface area contributed by atoms with E-state index in [9.17, 15) is 4.79 Å². The molecule has 0 saturated carbocycles. The highest BCUT2D eigenvalue weighted by Gasteiger charge is 2.13. The molecule has 3 nitrogen and oxygen atoms in total. The van der Waals surface area contributed by atoms with Gasteiger partial charge in [-0.2, -0.15) is 0 Å². The van der Waals surface area contributed by atoms with Gasteiger partial charge in [-0.15, -0.1) is 0 Å². The third-order valence-electron chi connectivity index (χ3n) is 2.16. The molecule has 0 radical (unpaired) electrons. The van der Waals surface area contributed by atoms with Crippen LogP contribution in [0, 0.1) is 0 Å². The van der Waals surface area contributed by atoms with E-state index < -0.39 is 6.16 Å². The molecule has 0 atom stereocenters. The molecule has 0 aliphatic rings. The first-order valence-electron chi connectivity index (χ1n) is 4.85. The van der Waals surface area contributed by atoms with Crippen LogP contribution >= 0.6 is 0 Å². The number of ether oxygens (including phenoxy) is 1. The van der Waals surface area contributed by atoms with E-state index in [0.29, 0.717) is 0 Å². The molecule has 0 heterocycles. The van der Waals surface area contributed by atoms with Gasteiger partial charge in [0.1, 0.15) is 6.61 Å². The number of rotatable bonds is 2. The number of hydrogen-bond acceptors (Lipinski definition) is 2. The Morgan fingerprint density at radius 2 is 2.07 bits per heavy atom. The first-order chi connectivity index (χ1) is 6.89. The highest BCUT2D eigenvalue weighted by molar-refractivity contribution is 5.56. The topological polar surface area (TPSA) is 46.5 Å². The summed E-state index contributed by atoms with van der Waals surface area (Å²) in [5.41, 5.74) is 2.12. The Kier molecular flexibility index (Phi) is 3.35. The van der Waals surface area contributed by atoms with Crippen molar-refractivity contribution in [2.24, 2.45) is 0 Å². The molecule has 3 heteroatoms. The molecule has 1 N–H and O–H groups in total. The van der Waals surface area contributed by atoms with E-state index in [-0.39, 0.29) is 12.0 Å². The molecular formula is C12H16O3. The molecule has 1 rings (SSSR count). The van der Waals surface area contributed by atoms with Crippen LogP contribution in [0.2, 0.25) is 0 Å². The van der Waals surface area contributed by atoms with Crippen LogP contribution < -0.4 is 0 Å². The zero-order valence-corrected chi connectivity index (χ0v) is 9.28. The fourth-order valence-corrected chi connectivity index (χ4v) is 1.27. The maximum absolute atomic E-state index is 10.2. The van der Waals surface area contributed by atoms with E-state index >= 15 is 0 Å². The first-order valence-corrected chi connectivity index (χ1v) is 4.85. The van der Waals surface area contributed by atoms with Crippen molar-refractivity contribution in [3.8, 4) is 0 Å². The van der Waals surface area contributed by atoms with Crippen molar-refractivity contribution < 1.29 is 14.6 Å². The summed E-state index contributed by atoms with van der Waals surface area (Å²) < 4.78 is 4.51. The first kappa shape index (κ1) is 11.6. The Morgan fingerprint density at radius 3 is 2.60 bits per heavy atom. The van der Waals surface area contributed by atoms with Crippen molar-refractivity contribution in [1.29, 1.82) is 0 Å². The van der Waals surface area contributed by atoms with Crippen LogP contribution in [-0.4, -0.2) is 11.3 Å². The van der Waals surface area contributed by atoms with Gasteiger partial charge in [-0.3, -0.25) is 0 Å². The second-order valence-electron chi connectivity index (χ2n) is 4.50. The molecular weight excluding hydrogens is 192 g/mol. The lowest BCUT2D eigenvalue weighted by atomic mass is 9.86. The minimum Gasteiger partial charge on any atom is -0.450 e. The van der Waals surface area contributed by atoms with E-state index in [4.69, 9.17) is 5.11 Å². The highest BCUT2D eigenvalue weighted by Crippen LogP contribution is 2.22. The maximum atomic E-state index is 10.2. The van der Waals surface area contributed by atoms with Gasteiger partial charge in [0.05, 0.1) is 0 Å². The van der Waals surface area contributed by atoms with E-state index in [0.717, 1.165) is 5.56 Å². The lowest BCUT2D eigenvalue weighted by Crippen LogP contribution is -2.11. The normalized spacial score (nSPS) is 11.1. The van der Waals surface area contributed by atoms with E-state index in [1.54, 1.807) is 0 Å². The largest absolute Gasteiger partial charge is 0.506 e. The van der Waals surface area contributed by atoms with Crippen LogP contribution in [0.15, 0.2) is 24.3 Å². The average Bonchev–Trinajstić information content (AvgIpc) is 2.14. The number of hydrogen-bond donors (Lipinski definition) is 1. The number of carboxylic acid groups (broad SMARTS) is 1. The van der Waals surface area contributed by atoms with Crippen molar-refractivity contribution in [2.75, 3.05) is 0 Å². The Hall–Kier alpha value is -1.51. The molecule has 0 spiro atoms. The minimum atomic E-state index is -1.24. The predicted octanol–water partition coefficient (Wildman–Crippen LogP) is 3.18. The summed E-state index contributed by atoms with van der Waals surface area (Å²) in [5.74, 6) is 0. The number of benzene rings is 1. The van der Waals surface area contributed by atoms with Crippen LogP contribution in [-0.2, 0) is 16.8 Å². The van der Waals surface area contributed by atoms with Crippen LogP contribution in [0.5, 0.6) is 0 Å². The van der Waals surface area contributed by atoms with Gasteiger partial charge in [0.2, 0.25) is 0 Å². The molecule has 1 aromatic carbocycles. The molecule has 0 bridgehead atoms. The summed E-state index contributed by atoms with van der Waals surface area (Å²) >= 11 is 0. The summed E-state index contributed by atoms with van der Waals surface area (Å²) in [4.78, 5) is 10.2. The molecule has 0 aliphatic carbocycles. The molecule has 0 aromatic heterocycles. The Labute approximate surface area is 89.7 Å². The second kappa shape index (κ2) is 4.34. The zero-order chi connectivity index (χ0) is 11.5. The molecule has 15 heavy (non-hydrogen) atoms. The van der Waals surface area contributed by atoms with Gasteiger partial charge in [0.25, 0.3) is 0 Å².